The smallest absolute Gasteiger partial charge is 0.263 e. The Morgan fingerprint density at radius 1 is 1.19 bits per heavy atom. The molecule has 2 rings (SSSR count). The third-order valence-corrected chi connectivity index (χ3v) is 5.31. The number of benzene rings is 2. The van der Waals surface area contributed by atoms with Crippen molar-refractivity contribution in [3.05, 3.63) is 50.7 Å². The molecule has 0 aliphatic rings. The summed E-state index contributed by atoms with van der Waals surface area (Å²) in [5, 5.41) is 0. The van der Waals surface area contributed by atoms with Gasteiger partial charge in [-0.25, -0.2) is 12.8 Å². The average Bonchev–Trinajstić information content (AvgIpc) is 2.37. The van der Waals surface area contributed by atoms with E-state index < -0.39 is 15.8 Å². The van der Waals surface area contributed by atoms with E-state index in [1.807, 2.05) is 0 Å². The van der Waals surface area contributed by atoms with Crippen LogP contribution in [0.5, 0.6) is 0 Å². The van der Waals surface area contributed by atoms with Crippen molar-refractivity contribution >= 4 is 53.3 Å². The van der Waals surface area contributed by atoms with Gasteiger partial charge in [0.2, 0.25) is 0 Å². The Balaban J connectivity index is 2.48. The maximum Gasteiger partial charge on any atom is 0.263 e. The lowest BCUT2D eigenvalue weighted by molar-refractivity contribution is 0.599. The summed E-state index contributed by atoms with van der Waals surface area (Å²) in [5.41, 5.74) is 6.62. The Morgan fingerprint density at radius 3 is 2.52 bits per heavy atom. The maximum atomic E-state index is 13.3. The molecule has 0 spiro atoms. The molecule has 0 saturated carbocycles. The van der Waals surface area contributed by atoms with Gasteiger partial charge in [0.25, 0.3) is 10.0 Å². The Morgan fingerprint density at radius 2 is 1.86 bits per heavy atom. The first-order chi connectivity index (χ1) is 9.70. The zero-order valence-electron chi connectivity index (χ0n) is 10.8. The lowest BCUT2D eigenvalue weighted by atomic mass is 10.2. The molecule has 21 heavy (non-hydrogen) atoms. The van der Waals surface area contributed by atoms with Gasteiger partial charge in [0.1, 0.15) is 10.7 Å². The third kappa shape index (κ3) is 3.56. The first-order valence-corrected chi connectivity index (χ1v) is 8.81. The Hall–Kier alpha value is -1.12. The van der Waals surface area contributed by atoms with Crippen LogP contribution in [-0.4, -0.2) is 8.42 Å². The highest BCUT2D eigenvalue weighted by molar-refractivity contribution is 9.10. The molecule has 2 aromatic rings. The largest absolute Gasteiger partial charge is 0.398 e. The van der Waals surface area contributed by atoms with E-state index in [-0.39, 0.29) is 15.1 Å². The molecule has 0 unspecified atom stereocenters. The second-order valence-corrected chi connectivity index (χ2v) is 7.79. The monoisotopic (exact) mass is 436 g/mol. The molecule has 4 nitrogen and oxygen atoms in total. The van der Waals surface area contributed by atoms with Crippen LogP contribution in [0.4, 0.5) is 15.8 Å². The number of nitrogens with two attached hydrogens (primary N) is 1. The van der Waals surface area contributed by atoms with Crippen molar-refractivity contribution in [1.29, 1.82) is 0 Å². The van der Waals surface area contributed by atoms with Crippen LogP contribution in [-0.2, 0) is 10.0 Å². The maximum absolute atomic E-state index is 13.3. The molecule has 0 radical (unpaired) electrons. The van der Waals surface area contributed by atoms with Crippen molar-refractivity contribution < 1.29 is 12.8 Å². The molecular weight excluding hydrogens is 427 g/mol. The second-order valence-electron chi connectivity index (χ2n) is 4.37. The summed E-state index contributed by atoms with van der Waals surface area (Å²) in [6.07, 6.45) is 0. The molecule has 0 heterocycles. The van der Waals surface area contributed by atoms with Crippen molar-refractivity contribution in [1.82, 2.24) is 0 Å². The van der Waals surface area contributed by atoms with Crippen LogP contribution < -0.4 is 10.5 Å². The van der Waals surface area contributed by atoms with Gasteiger partial charge in [0.15, 0.2) is 0 Å². The first-order valence-electron chi connectivity index (χ1n) is 5.74. The van der Waals surface area contributed by atoms with Gasteiger partial charge >= 0.3 is 0 Å². The number of rotatable bonds is 3. The summed E-state index contributed by atoms with van der Waals surface area (Å²) in [5.74, 6) is -0.620. The fraction of sp³-hybridized carbons (Fsp3) is 0.0769. The molecule has 0 amide bonds. The SMILES string of the molecule is Cc1ccc(Br)cc1NS(=O)(=O)c1cc(Br)c(F)cc1N. The highest BCUT2D eigenvalue weighted by Gasteiger charge is 2.20. The minimum atomic E-state index is -3.92. The fourth-order valence-corrected chi connectivity index (χ4v) is 3.80. The summed E-state index contributed by atoms with van der Waals surface area (Å²) in [6, 6.07) is 7.32. The van der Waals surface area contributed by atoms with Gasteiger partial charge in [-0.05, 0) is 52.7 Å². The molecule has 3 N–H and O–H groups in total. The summed E-state index contributed by atoms with van der Waals surface area (Å²) in [7, 11) is -3.92. The topological polar surface area (TPSA) is 72.2 Å². The van der Waals surface area contributed by atoms with Crippen molar-refractivity contribution in [2.45, 2.75) is 11.8 Å². The van der Waals surface area contributed by atoms with Crippen LogP contribution in [0.3, 0.4) is 0 Å². The summed E-state index contributed by atoms with van der Waals surface area (Å²) in [4.78, 5) is -0.185. The number of halogens is 3. The predicted octanol–water partition coefficient (Wildman–Crippen LogP) is 4.04. The number of nitrogens with one attached hydrogen (secondary N) is 1. The molecule has 0 atom stereocenters. The van der Waals surface area contributed by atoms with Gasteiger partial charge in [-0.2, -0.15) is 0 Å². The molecule has 112 valence electrons. The Kier molecular flexibility index (Phi) is 4.60. The van der Waals surface area contributed by atoms with E-state index in [1.54, 1.807) is 25.1 Å². The van der Waals surface area contributed by atoms with E-state index in [9.17, 15) is 12.8 Å². The normalized spacial score (nSPS) is 11.4. The van der Waals surface area contributed by atoms with Crippen LogP contribution in [0.15, 0.2) is 44.2 Å². The van der Waals surface area contributed by atoms with E-state index in [0.29, 0.717) is 5.69 Å². The molecule has 8 heteroatoms. The van der Waals surface area contributed by atoms with Gasteiger partial charge in [0, 0.05) is 4.47 Å². The number of nitrogen functional groups attached to an aromatic ring is 1. The third-order valence-electron chi connectivity index (χ3n) is 2.79. The molecule has 0 fully saturated rings. The highest BCUT2D eigenvalue weighted by Crippen LogP contribution is 2.29. The summed E-state index contributed by atoms with van der Waals surface area (Å²) < 4.78 is 41.4. The second kappa shape index (κ2) is 5.94. The first kappa shape index (κ1) is 16.3. The standard InChI is InChI=1S/C13H11Br2FN2O2S/c1-7-2-3-8(14)4-12(7)18-21(19,20)13-5-9(15)10(16)6-11(13)17/h2-6,18H,17H2,1H3. The molecular formula is C13H11Br2FN2O2S. The minimum Gasteiger partial charge on any atom is -0.398 e. The van der Waals surface area contributed by atoms with E-state index >= 15 is 0 Å². The molecule has 0 aromatic heterocycles. The van der Waals surface area contributed by atoms with Gasteiger partial charge in [0.05, 0.1) is 15.8 Å². The molecule has 2 aromatic carbocycles. The quantitative estimate of drug-likeness (QED) is 0.711. The zero-order chi connectivity index (χ0) is 15.8. The van der Waals surface area contributed by atoms with Crippen LogP contribution in [0.25, 0.3) is 0 Å². The number of hydrogen-bond acceptors (Lipinski definition) is 3. The minimum absolute atomic E-state index is 0.0306. The van der Waals surface area contributed by atoms with Crippen molar-refractivity contribution in [2.24, 2.45) is 0 Å². The molecule has 0 bridgehead atoms. The van der Waals surface area contributed by atoms with Crippen molar-refractivity contribution in [2.75, 3.05) is 10.5 Å². The molecule has 0 aliphatic carbocycles. The van der Waals surface area contributed by atoms with Crippen molar-refractivity contribution in [3.8, 4) is 0 Å². The van der Waals surface area contributed by atoms with E-state index in [4.69, 9.17) is 5.73 Å². The highest BCUT2D eigenvalue weighted by atomic mass is 79.9. The molecule has 0 saturated heterocycles. The van der Waals surface area contributed by atoms with Crippen LogP contribution in [0, 0.1) is 12.7 Å². The van der Waals surface area contributed by atoms with Gasteiger partial charge in [-0.1, -0.05) is 22.0 Å². The van der Waals surface area contributed by atoms with Crippen molar-refractivity contribution in [3.63, 3.8) is 0 Å². The number of anilines is 2. The Labute approximate surface area is 138 Å². The summed E-state index contributed by atoms with van der Waals surface area (Å²) in [6.45, 7) is 1.77. The Bertz CT molecular complexity index is 810. The lowest BCUT2D eigenvalue weighted by Crippen LogP contribution is -2.16. The molecule has 0 aliphatic heterocycles. The fourth-order valence-electron chi connectivity index (χ4n) is 1.68. The van der Waals surface area contributed by atoms with Gasteiger partial charge in [-0.3, -0.25) is 4.72 Å². The van der Waals surface area contributed by atoms with E-state index in [1.165, 1.54) is 0 Å². The number of aryl methyl sites for hydroxylation is 1. The number of hydrogen-bond donors (Lipinski definition) is 2. The van der Waals surface area contributed by atoms with E-state index in [2.05, 4.69) is 36.6 Å². The predicted molar refractivity (Wildman–Crippen MR) is 88.2 cm³/mol. The van der Waals surface area contributed by atoms with Crippen LogP contribution in [0.1, 0.15) is 5.56 Å². The van der Waals surface area contributed by atoms with Crippen LogP contribution in [0.2, 0.25) is 0 Å². The average molecular weight is 438 g/mol. The van der Waals surface area contributed by atoms with Gasteiger partial charge in [-0.15, -0.1) is 0 Å². The lowest BCUT2D eigenvalue weighted by Gasteiger charge is -2.13. The zero-order valence-corrected chi connectivity index (χ0v) is 14.8. The van der Waals surface area contributed by atoms with Crippen LogP contribution >= 0.6 is 31.9 Å². The van der Waals surface area contributed by atoms with Gasteiger partial charge < -0.3 is 5.73 Å². The van der Waals surface area contributed by atoms with E-state index in [0.717, 1.165) is 22.2 Å². The summed E-state index contributed by atoms with van der Waals surface area (Å²) >= 11 is 6.23. The number of sulfonamides is 1.